The quantitative estimate of drug-likeness (QED) is 0.713. The van der Waals surface area contributed by atoms with Crippen LogP contribution in [0, 0.1) is 17.8 Å². The maximum atomic E-state index is 11.2. The Balaban J connectivity index is 2.88. The van der Waals surface area contributed by atoms with Crippen LogP contribution in [0.2, 0.25) is 0 Å². The first-order valence-electron chi connectivity index (χ1n) is 5.40. The average molecular weight is 199 g/mol. The zero-order valence-corrected chi connectivity index (χ0v) is 9.29. The van der Waals surface area contributed by atoms with Gasteiger partial charge in [0.2, 0.25) is 0 Å². The molecule has 1 aliphatic carbocycles. The number of carboxylic acid groups (broad SMARTS) is 1. The molecule has 14 heavy (non-hydrogen) atoms. The molecule has 1 fully saturated rings. The molecule has 3 heteroatoms. The molecule has 0 aromatic carbocycles. The van der Waals surface area contributed by atoms with Gasteiger partial charge in [0.25, 0.3) is 0 Å². The van der Waals surface area contributed by atoms with Crippen LogP contribution in [-0.2, 0) is 4.79 Å². The van der Waals surface area contributed by atoms with Crippen molar-refractivity contribution >= 4 is 5.97 Å². The summed E-state index contributed by atoms with van der Waals surface area (Å²) in [6.45, 7) is 6.21. The minimum absolute atomic E-state index is 0.121. The predicted molar refractivity (Wildman–Crippen MR) is 55.9 cm³/mol. The van der Waals surface area contributed by atoms with E-state index in [9.17, 15) is 9.90 Å². The van der Waals surface area contributed by atoms with Crippen molar-refractivity contribution in [3.8, 4) is 0 Å². The molecule has 0 amide bonds. The average Bonchev–Trinajstić information content (AvgIpc) is 2.02. The summed E-state index contributed by atoms with van der Waals surface area (Å²) in [5, 5.41) is 9.21. The summed E-state index contributed by atoms with van der Waals surface area (Å²) in [6, 6.07) is 0. The number of aliphatic carboxylic acids is 1. The molecule has 1 rings (SSSR count). The first kappa shape index (κ1) is 11.5. The lowest BCUT2D eigenvalue weighted by atomic mass is 9.65. The fraction of sp³-hybridized carbons (Fsp3) is 0.909. The van der Waals surface area contributed by atoms with E-state index in [1.807, 2.05) is 0 Å². The lowest BCUT2D eigenvalue weighted by molar-refractivity contribution is -0.149. The highest BCUT2D eigenvalue weighted by molar-refractivity contribution is 5.79. The summed E-state index contributed by atoms with van der Waals surface area (Å²) in [4.78, 5) is 11.2. The Hall–Kier alpha value is -0.570. The molecule has 1 aliphatic rings. The molecule has 0 aliphatic heterocycles. The molecule has 0 heterocycles. The standard InChI is InChI=1S/C11H21NO2/c1-7(2)9-5-4-8(3)6-11(9,12)10(13)14/h7-9H,4-6,12H2,1-3H3,(H,13,14)/t8-,9+,11+/m1/s1. The third-order valence-corrected chi connectivity index (χ3v) is 3.52. The monoisotopic (exact) mass is 199 g/mol. The van der Waals surface area contributed by atoms with Crippen LogP contribution in [0.5, 0.6) is 0 Å². The summed E-state index contributed by atoms with van der Waals surface area (Å²) in [5.41, 5.74) is 5.04. The Kier molecular flexibility index (Phi) is 3.20. The minimum atomic E-state index is -0.994. The first-order valence-corrected chi connectivity index (χ1v) is 5.40. The van der Waals surface area contributed by atoms with Crippen molar-refractivity contribution in [2.24, 2.45) is 23.5 Å². The van der Waals surface area contributed by atoms with E-state index in [2.05, 4.69) is 20.8 Å². The van der Waals surface area contributed by atoms with E-state index in [1.54, 1.807) is 0 Å². The number of rotatable bonds is 2. The van der Waals surface area contributed by atoms with Crippen LogP contribution in [0.15, 0.2) is 0 Å². The Labute approximate surface area is 85.7 Å². The number of hydrogen-bond donors (Lipinski definition) is 2. The van der Waals surface area contributed by atoms with E-state index in [1.165, 1.54) is 0 Å². The van der Waals surface area contributed by atoms with E-state index in [4.69, 9.17) is 5.73 Å². The molecule has 0 unspecified atom stereocenters. The Morgan fingerprint density at radius 2 is 2.07 bits per heavy atom. The zero-order chi connectivity index (χ0) is 10.9. The van der Waals surface area contributed by atoms with Gasteiger partial charge >= 0.3 is 5.97 Å². The highest BCUT2D eigenvalue weighted by atomic mass is 16.4. The number of hydrogen-bond acceptors (Lipinski definition) is 2. The van der Waals surface area contributed by atoms with Crippen LogP contribution in [0.25, 0.3) is 0 Å². The molecule has 3 nitrogen and oxygen atoms in total. The maximum absolute atomic E-state index is 11.2. The SMILES string of the molecule is CC(C)[C@@H]1CC[C@@H](C)C[C@@]1(N)C(=O)O. The van der Waals surface area contributed by atoms with Crippen molar-refractivity contribution in [1.82, 2.24) is 0 Å². The van der Waals surface area contributed by atoms with E-state index >= 15 is 0 Å². The number of nitrogens with two attached hydrogens (primary N) is 1. The summed E-state index contributed by atoms with van der Waals surface area (Å²) >= 11 is 0. The van der Waals surface area contributed by atoms with Crippen molar-refractivity contribution in [2.75, 3.05) is 0 Å². The van der Waals surface area contributed by atoms with Gasteiger partial charge in [0.05, 0.1) is 0 Å². The van der Waals surface area contributed by atoms with Gasteiger partial charge in [-0.1, -0.05) is 27.2 Å². The molecule has 0 radical (unpaired) electrons. The molecular formula is C11H21NO2. The molecular weight excluding hydrogens is 178 g/mol. The van der Waals surface area contributed by atoms with Gasteiger partial charge in [-0.15, -0.1) is 0 Å². The fourth-order valence-corrected chi connectivity index (χ4v) is 2.73. The number of carbonyl (C=O) groups is 1. The van der Waals surface area contributed by atoms with Gasteiger partial charge in [-0.2, -0.15) is 0 Å². The third-order valence-electron chi connectivity index (χ3n) is 3.52. The van der Waals surface area contributed by atoms with Crippen LogP contribution in [0.1, 0.15) is 40.0 Å². The summed E-state index contributed by atoms with van der Waals surface area (Å²) in [7, 11) is 0. The van der Waals surface area contributed by atoms with E-state index in [0.717, 1.165) is 12.8 Å². The van der Waals surface area contributed by atoms with Crippen LogP contribution in [0.3, 0.4) is 0 Å². The molecule has 1 saturated carbocycles. The lowest BCUT2D eigenvalue weighted by Crippen LogP contribution is -2.58. The molecule has 0 bridgehead atoms. The Morgan fingerprint density at radius 1 is 1.50 bits per heavy atom. The minimum Gasteiger partial charge on any atom is -0.480 e. The first-order chi connectivity index (χ1) is 6.38. The van der Waals surface area contributed by atoms with Crippen molar-refractivity contribution in [2.45, 2.75) is 45.6 Å². The molecule has 3 atom stereocenters. The van der Waals surface area contributed by atoms with Gasteiger partial charge in [0.1, 0.15) is 5.54 Å². The van der Waals surface area contributed by atoms with Crippen molar-refractivity contribution < 1.29 is 9.90 Å². The molecule has 3 N–H and O–H groups in total. The summed E-state index contributed by atoms with van der Waals surface area (Å²) < 4.78 is 0. The van der Waals surface area contributed by atoms with Gasteiger partial charge in [-0.3, -0.25) is 4.79 Å². The second-order valence-corrected chi connectivity index (χ2v) is 5.08. The van der Waals surface area contributed by atoms with Gasteiger partial charge < -0.3 is 10.8 Å². The molecule has 82 valence electrons. The van der Waals surface area contributed by atoms with Crippen molar-refractivity contribution in [1.29, 1.82) is 0 Å². The van der Waals surface area contributed by atoms with E-state index in [0.29, 0.717) is 18.3 Å². The second kappa shape index (κ2) is 3.89. The van der Waals surface area contributed by atoms with Crippen molar-refractivity contribution in [3.05, 3.63) is 0 Å². The predicted octanol–water partition coefficient (Wildman–Crippen LogP) is 1.86. The second-order valence-electron chi connectivity index (χ2n) is 5.08. The van der Waals surface area contributed by atoms with Crippen LogP contribution >= 0.6 is 0 Å². The highest BCUT2D eigenvalue weighted by Gasteiger charge is 2.46. The van der Waals surface area contributed by atoms with Gasteiger partial charge in [0, 0.05) is 0 Å². The summed E-state index contributed by atoms with van der Waals surface area (Å²) in [5.74, 6) is 0.0775. The van der Waals surface area contributed by atoms with Crippen LogP contribution in [0.4, 0.5) is 0 Å². The van der Waals surface area contributed by atoms with Gasteiger partial charge in [-0.25, -0.2) is 0 Å². The highest BCUT2D eigenvalue weighted by Crippen LogP contribution is 2.39. The zero-order valence-electron chi connectivity index (χ0n) is 9.29. The molecule has 0 aromatic rings. The van der Waals surface area contributed by atoms with Crippen LogP contribution < -0.4 is 5.73 Å². The largest absolute Gasteiger partial charge is 0.480 e. The Bertz CT molecular complexity index is 227. The Morgan fingerprint density at radius 3 is 2.50 bits per heavy atom. The van der Waals surface area contributed by atoms with Crippen LogP contribution in [-0.4, -0.2) is 16.6 Å². The molecule has 0 saturated heterocycles. The van der Waals surface area contributed by atoms with Gasteiger partial charge in [0.15, 0.2) is 0 Å². The summed E-state index contributed by atoms with van der Waals surface area (Å²) in [6.07, 6.45) is 2.67. The smallest absolute Gasteiger partial charge is 0.323 e. The molecule has 0 aromatic heterocycles. The van der Waals surface area contributed by atoms with Crippen molar-refractivity contribution in [3.63, 3.8) is 0 Å². The van der Waals surface area contributed by atoms with E-state index in [-0.39, 0.29) is 5.92 Å². The van der Waals surface area contributed by atoms with E-state index < -0.39 is 11.5 Å². The topological polar surface area (TPSA) is 63.3 Å². The van der Waals surface area contributed by atoms with Gasteiger partial charge in [-0.05, 0) is 30.6 Å². The molecule has 0 spiro atoms. The maximum Gasteiger partial charge on any atom is 0.323 e. The normalized spacial score (nSPS) is 38.6. The number of carboxylic acids is 1. The lowest BCUT2D eigenvalue weighted by Gasteiger charge is -2.42. The third kappa shape index (κ3) is 1.92. The fourth-order valence-electron chi connectivity index (χ4n) is 2.73.